The molecule has 23 heavy (non-hydrogen) atoms. The molecular weight excluding hydrogens is 316 g/mol. The number of methoxy groups -OCH3 is 1. The van der Waals surface area contributed by atoms with Crippen LogP contribution in [0, 0.1) is 0 Å². The first-order valence-corrected chi connectivity index (χ1v) is 7.83. The van der Waals surface area contributed by atoms with Crippen LogP contribution < -0.4 is 10.6 Å². The lowest BCUT2D eigenvalue weighted by molar-refractivity contribution is -0.140. The number of piperidine rings is 1. The summed E-state index contributed by atoms with van der Waals surface area (Å²) in [4.78, 5) is 12.6. The number of hydrogen-bond donors (Lipinski definition) is 2. The molecule has 1 aliphatic rings. The lowest BCUT2D eigenvalue weighted by atomic mass is 9.91. The van der Waals surface area contributed by atoms with Crippen molar-refractivity contribution < 1.29 is 14.3 Å². The second-order valence-corrected chi connectivity index (χ2v) is 5.96. The van der Waals surface area contributed by atoms with Crippen LogP contribution >= 0.6 is 12.4 Å². The largest absolute Gasteiger partial charge is 0.374 e. The second-order valence-electron chi connectivity index (χ2n) is 5.96. The normalized spacial score (nSPS) is 16.7. The van der Waals surface area contributed by atoms with E-state index in [-0.39, 0.29) is 24.4 Å². The van der Waals surface area contributed by atoms with E-state index >= 15 is 0 Å². The average molecular weight is 343 g/mol. The third-order valence-electron chi connectivity index (χ3n) is 3.98. The van der Waals surface area contributed by atoms with Crippen molar-refractivity contribution in [2.45, 2.75) is 45.0 Å². The lowest BCUT2D eigenvalue weighted by Crippen LogP contribution is -2.51. The van der Waals surface area contributed by atoms with Gasteiger partial charge >= 0.3 is 0 Å². The monoisotopic (exact) mass is 342 g/mol. The molecule has 1 fully saturated rings. The number of benzene rings is 1. The van der Waals surface area contributed by atoms with Gasteiger partial charge in [-0.2, -0.15) is 0 Å². The van der Waals surface area contributed by atoms with Crippen molar-refractivity contribution in [3.05, 3.63) is 29.8 Å². The molecule has 1 aromatic rings. The maximum atomic E-state index is 12.6. The van der Waals surface area contributed by atoms with Crippen LogP contribution in [0.3, 0.4) is 0 Å². The summed E-state index contributed by atoms with van der Waals surface area (Å²) in [5.74, 6) is -0.0709. The molecule has 0 unspecified atom stereocenters. The van der Waals surface area contributed by atoms with Crippen LogP contribution in [0.25, 0.3) is 0 Å². The molecule has 0 bridgehead atoms. The Morgan fingerprint density at radius 3 is 2.65 bits per heavy atom. The zero-order valence-electron chi connectivity index (χ0n) is 14.1. The molecule has 1 aliphatic heterocycles. The fraction of sp³-hybridized carbons (Fsp3) is 0.588. The molecule has 6 heteroatoms. The van der Waals surface area contributed by atoms with Gasteiger partial charge in [0.15, 0.2) is 0 Å². The molecule has 2 rings (SSSR count). The summed E-state index contributed by atoms with van der Waals surface area (Å²) in [5.41, 5.74) is 1.10. The van der Waals surface area contributed by atoms with Crippen LogP contribution in [0.4, 0.5) is 5.69 Å². The van der Waals surface area contributed by atoms with Crippen LogP contribution in [0.1, 0.15) is 32.3 Å². The summed E-state index contributed by atoms with van der Waals surface area (Å²) < 4.78 is 11.1. The minimum absolute atomic E-state index is 0. The molecule has 2 N–H and O–H groups in total. The molecule has 0 radical (unpaired) electrons. The molecule has 1 saturated heterocycles. The van der Waals surface area contributed by atoms with E-state index in [9.17, 15) is 4.79 Å². The highest BCUT2D eigenvalue weighted by atomic mass is 35.5. The molecule has 130 valence electrons. The SMILES string of the molecule is COC1(C(=O)Nc2cccc(COC(C)C)c2)CCNCC1.Cl. The van der Waals surface area contributed by atoms with E-state index in [4.69, 9.17) is 9.47 Å². The van der Waals surface area contributed by atoms with Gasteiger partial charge in [0, 0.05) is 12.8 Å². The minimum atomic E-state index is -0.727. The number of nitrogens with one attached hydrogen (secondary N) is 2. The summed E-state index contributed by atoms with van der Waals surface area (Å²) in [7, 11) is 1.61. The Balaban J connectivity index is 0.00000264. The summed E-state index contributed by atoms with van der Waals surface area (Å²) in [6.45, 7) is 6.14. The molecule has 0 aromatic heterocycles. The molecule has 1 heterocycles. The van der Waals surface area contributed by atoms with Crippen LogP contribution in [-0.2, 0) is 20.9 Å². The number of carbonyl (C=O) groups is 1. The van der Waals surface area contributed by atoms with Gasteiger partial charge in [0.25, 0.3) is 5.91 Å². The maximum absolute atomic E-state index is 12.6. The summed E-state index contributed by atoms with van der Waals surface area (Å²) in [6, 6.07) is 7.76. The predicted molar refractivity (Wildman–Crippen MR) is 94.1 cm³/mol. The number of hydrogen-bond acceptors (Lipinski definition) is 4. The van der Waals surface area contributed by atoms with E-state index in [1.807, 2.05) is 38.1 Å². The minimum Gasteiger partial charge on any atom is -0.374 e. The van der Waals surface area contributed by atoms with Gasteiger partial charge in [-0.15, -0.1) is 12.4 Å². The van der Waals surface area contributed by atoms with Crippen LogP contribution in [0.15, 0.2) is 24.3 Å². The van der Waals surface area contributed by atoms with E-state index in [2.05, 4.69) is 10.6 Å². The van der Waals surface area contributed by atoms with E-state index in [0.29, 0.717) is 19.4 Å². The standard InChI is InChI=1S/C17H26N2O3.ClH/c1-13(2)22-12-14-5-4-6-15(11-14)19-16(20)17(21-3)7-9-18-10-8-17;/h4-6,11,13,18H,7-10,12H2,1-3H3,(H,19,20);1H. The van der Waals surface area contributed by atoms with Crippen LogP contribution in [-0.4, -0.2) is 37.8 Å². The van der Waals surface area contributed by atoms with Gasteiger partial charge in [-0.3, -0.25) is 4.79 Å². The number of ether oxygens (including phenoxy) is 2. The average Bonchev–Trinajstić information content (AvgIpc) is 2.54. The number of anilines is 1. The second kappa shape index (κ2) is 9.23. The number of rotatable bonds is 6. The summed E-state index contributed by atoms with van der Waals surface area (Å²) in [5, 5.41) is 6.24. The topological polar surface area (TPSA) is 59.6 Å². The quantitative estimate of drug-likeness (QED) is 0.834. The van der Waals surface area contributed by atoms with Gasteiger partial charge in [-0.25, -0.2) is 0 Å². The van der Waals surface area contributed by atoms with Gasteiger partial charge in [-0.1, -0.05) is 12.1 Å². The van der Waals surface area contributed by atoms with E-state index in [0.717, 1.165) is 24.3 Å². The summed E-state index contributed by atoms with van der Waals surface area (Å²) in [6.07, 6.45) is 1.56. The molecule has 0 aliphatic carbocycles. The van der Waals surface area contributed by atoms with Crippen molar-refractivity contribution in [2.75, 3.05) is 25.5 Å². The highest BCUT2D eigenvalue weighted by Crippen LogP contribution is 2.25. The number of carbonyl (C=O) groups excluding carboxylic acids is 1. The van der Waals surface area contributed by atoms with Crippen LogP contribution in [0.5, 0.6) is 0 Å². The maximum Gasteiger partial charge on any atom is 0.256 e. The number of amides is 1. The van der Waals surface area contributed by atoms with Crippen molar-refractivity contribution in [2.24, 2.45) is 0 Å². The number of halogens is 1. The highest BCUT2D eigenvalue weighted by Gasteiger charge is 2.39. The fourth-order valence-electron chi connectivity index (χ4n) is 2.60. The van der Waals surface area contributed by atoms with Crippen LogP contribution in [0.2, 0.25) is 0 Å². The Bertz CT molecular complexity index is 502. The van der Waals surface area contributed by atoms with Gasteiger partial charge in [0.05, 0.1) is 12.7 Å². The third-order valence-corrected chi connectivity index (χ3v) is 3.98. The smallest absolute Gasteiger partial charge is 0.256 e. The zero-order valence-corrected chi connectivity index (χ0v) is 14.9. The van der Waals surface area contributed by atoms with Gasteiger partial charge in [0.1, 0.15) is 5.60 Å². The molecule has 0 saturated carbocycles. The van der Waals surface area contributed by atoms with Crippen molar-refractivity contribution >= 4 is 24.0 Å². The van der Waals surface area contributed by atoms with E-state index in [1.54, 1.807) is 7.11 Å². The Morgan fingerprint density at radius 1 is 1.35 bits per heavy atom. The van der Waals surface area contributed by atoms with E-state index in [1.165, 1.54) is 0 Å². The Morgan fingerprint density at radius 2 is 2.04 bits per heavy atom. The van der Waals surface area contributed by atoms with Gasteiger partial charge < -0.3 is 20.1 Å². The van der Waals surface area contributed by atoms with Crippen molar-refractivity contribution in [1.82, 2.24) is 5.32 Å². The van der Waals surface area contributed by atoms with Crippen molar-refractivity contribution in [1.29, 1.82) is 0 Å². The predicted octanol–water partition coefficient (Wildman–Crippen LogP) is 2.74. The fourth-order valence-corrected chi connectivity index (χ4v) is 2.60. The highest BCUT2D eigenvalue weighted by molar-refractivity contribution is 5.97. The molecule has 0 atom stereocenters. The molecular formula is C17H27ClN2O3. The van der Waals surface area contributed by atoms with Gasteiger partial charge in [0.2, 0.25) is 0 Å². The zero-order chi connectivity index (χ0) is 16.0. The summed E-state index contributed by atoms with van der Waals surface area (Å²) >= 11 is 0. The van der Waals surface area contributed by atoms with E-state index < -0.39 is 5.60 Å². The Labute approximate surface area is 144 Å². The van der Waals surface area contributed by atoms with Gasteiger partial charge in [-0.05, 0) is 57.5 Å². The first-order chi connectivity index (χ1) is 10.6. The third kappa shape index (κ3) is 5.46. The molecule has 1 amide bonds. The Hall–Kier alpha value is -1.14. The lowest BCUT2D eigenvalue weighted by Gasteiger charge is -2.34. The van der Waals surface area contributed by atoms with Crippen molar-refractivity contribution in [3.8, 4) is 0 Å². The first-order valence-electron chi connectivity index (χ1n) is 7.83. The van der Waals surface area contributed by atoms with Crippen molar-refractivity contribution in [3.63, 3.8) is 0 Å². The molecule has 1 aromatic carbocycles. The Kier molecular flexibility index (Phi) is 7.99. The molecule has 0 spiro atoms. The molecule has 5 nitrogen and oxygen atoms in total. The first kappa shape index (κ1) is 19.9.